The second kappa shape index (κ2) is 6.57. The van der Waals surface area contributed by atoms with Crippen molar-refractivity contribution in [2.45, 2.75) is 62.9 Å². The maximum atomic E-state index is 13.3. The van der Waals surface area contributed by atoms with Gasteiger partial charge in [-0.3, -0.25) is 0 Å². The van der Waals surface area contributed by atoms with Crippen LogP contribution in [0.3, 0.4) is 0 Å². The van der Waals surface area contributed by atoms with E-state index in [0.29, 0.717) is 11.7 Å². The number of carbonyl (C=O) groups excluding carboxylic acids is 1. The van der Waals surface area contributed by atoms with E-state index < -0.39 is 0 Å². The SMILES string of the molecule is O=C(NC12CC3CC(CC(C3)C1)C2)N1CCCC1c1nc(-c2ccccc2)no1. The first kappa shape index (κ1) is 17.5. The highest BCUT2D eigenvalue weighted by Crippen LogP contribution is 2.55. The molecule has 1 saturated heterocycles. The second-order valence-electron chi connectivity index (χ2n) is 9.80. The number of carbonyl (C=O) groups is 1. The molecule has 1 aliphatic heterocycles. The van der Waals surface area contributed by atoms with Crippen molar-refractivity contribution in [2.24, 2.45) is 17.8 Å². The van der Waals surface area contributed by atoms with Crippen LogP contribution in [0.2, 0.25) is 0 Å². The normalized spacial score (nSPS) is 35.2. The van der Waals surface area contributed by atoms with E-state index in [-0.39, 0.29) is 17.6 Å². The molecule has 1 atom stereocenters. The molecule has 5 aliphatic rings. The monoisotopic (exact) mass is 392 g/mol. The van der Waals surface area contributed by atoms with Crippen molar-refractivity contribution >= 4 is 6.03 Å². The molecule has 1 aromatic heterocycles. The fourth-order valence-electron chi connectivity index (χ4n) is 6.90. The minimum atomic E-state index is -0.117. The highest BCUT2D eigenvalue weighted by molar-refractivity contribution is 5.76. The van der Waals surface area contributed by atoms with Gasteiger partial charge in [0, 0.05) is 17.6 Å². The molecular formula is C23H28N4O2. The summed E-state index contributed by atoms with van der Waals surface area (Å²) in [6, 6.07) is 9.79. The molecular weight excluding hydrogens is 364 g/mol. The van der Waals surface area contributed by atoms with Gasteiger partial charge in [0.2, 0.25) is 11.7 Å². The summed E-state index contributed by atoms with van der Waals surface area (Å²) >= 11 is 0. The molecule has 152 valence electrons. The van der Waals surface area contributed by atoms with Crippen molar-refractivity contribution in [1.82, 2.24) is 20.4 Å². The average Bonchev–Trinajstić information content (AvgIpc) is 3.37. The third kappa shape index (κ3) is 3.04. The number of benzene rings is 1. The van der Waals surface area contributed by atoms with Crippen LogP contribution in [0, 0.1) is 17.8 Å². The molecule has 4 aliphatic carbocycles. The third-order valence-corrected chi connectivity index (χ3v) is 7.68. The lowest BCUT2D eigenvalue weighted by atomic mass is 9.53. The Bertz CT molecular complexity index is 873. The lowest BCUT2D eigenvalue weighted by molar-refractivity contribution is -0.0160. The highest BCUT2D eigenvalue weighted by Gasteiger charge is 2.52. The molecule has 0 spiro atoms. The molecule has 4 bridgehead atoms. The van der Waals surface area contributed by atoms with E-state index in [1.165, 1.54) is 38.5 Å². The molecule has 4 saturated carbocycles. The van der Waals surface area contributed by atoms with Gasteiger partial charge in [-0.05, 0) is 69.1 Å². The van der Waals surface area contributed by atoms with Crippen molar-refractivity contribution in [2.75, 3.05) is 6.54 Å². The van der Waals surface area contributed by atoms with Gasteiger partial charge in [0.1, 0.15) is 6.04 Å². The van der Waals surface area contributed by atoms with Crippen molar-refractivity contribution in [3.05, 3.63) is 36.2 Å². The maximum absolute atomic E-state index is 13.3. The summed E-state index contributed by atoms with van der Waals surface area (Å²) < 4.78 is 5.59. The summed E-state index contributed by atoms with van der Waals surface area (Å²) in [5, 5.41) is 7.66. The third-order valence-electron chi connectivity index (χ3n) is 7.68. The standard InChI is InChI=1S/C23H28N4O2/c28-22(25-23-12-15-9-16(13-23)11-17(10-15)14-23)27-8-4-7-19(27)21-24-20(26-29-21)18-5-2-1-3-6-18/h1-3,5-6,15-17,19H,4,7-14H2,(H,25,28). The van der Waals surface area contributed by atoms with Crippen molar-refractivity contribution < 1.29 is 9.32 Å². The first-order chi connectivity index (χ1) is 14.2. The van der Waals surface area contributed by atoms with E-state index in [0.717, 1.165) is 42.7 Å². The molecule has 7 rings (SSSR count). The van der Waals surface area contributed by atoms with Gasteiger partial charge in [-0.25, -0.2) is 4.79 Å². The number of likely N-dealkylation sites (tertiary alicyclic amines) is 1. The number of hydrogen-bond donors (Lipinski definition) is 1. The number of aromatic nitrogens is 2. The van der Waals surface area contributed by atoms with Crippen LogP contribution in [0.25, 0.3) is 11.4 Å². The Morgan fingerprint density at radius 2 is 1.76 bits per heavy atom. The topological polar surface area (TPSA) is 71.3 Å². The number of nitrogens with one attached hydrogen (secondary N) is 1. The van der Waals surface area contributed by atoms with E-state index in [4.69, 9.17) is 4.52 Å². The molecule has 1 unspecified atom stereocenters. The van der Waals surface area contributed by atoms with Crippen LogP contribution in [0.4, 0.5) is 4.79 Å². The Morgan fingerprint density at radius 3 is 2.45 bits per heavy atom. The van der Waals surface area contributed by atoms with Gasteiger partial charge in [0.05, 0.1) is 0 Å². The lowest BCUT2D eigenvalue weighted by Crippen LogP contribution is -2.61. The molecule has 6 nitrogen and oxygen atoms in total. The summed E-state index contributed by atoms with van der Waals surface area (Å²) in [6.07, 6.45) is 9.50. The molecule has 6 heteroatoms. The zero-order valence-electron chi connectivity index (χ0n) is 16.7. The van der Waals surface area contributed by atoms with E-state index in [2.05, 4.69) is 15.5 Å². The van der Waals surface area contributed by atoms with Gasteiger partial charge in [-0.15, -0.1) is 0 Å². The minimum absolute atomic E-state index is 0.0308. The van der Waals surface area contributed by atoms with Crippen LogP contribution >= 0.6 is 0 Å². The molecule has 5 fully saturated rings. The van der Waals surface area contributed by atoms with Crippen molar-refractivity contribution in [1.29, 1.82) is 0 Å². The van der Waals surface area contributed by atoms with Crippen LogP contribution < -0.4 is 5.32 Å². The van der Waals surface area contributed by atoms with Gasteiger partial charge in [0.25, 0.3) is 0 Å². The van der Waals surface area contributed by atoms with E-state index in [1.807, 2.05) is 35.2 Å². The number of amides is 2. The van der Waals surface area contributed by atoms with Crippen LogP contribution in [0.1, 0.15) is 63.3 Å². The van der Waals surface area contributed by atoms with Gasteiger partial charge in [0.15, 0.2) is 0 Å². The molecule has 2 amide bonds. The summed E-state index contributed by atoms with van der Waals surface area (Å²) in [5.74, 6) is 3.61. The zero-order chi connectivity index (χ0) is 19.4. The zero-order valence-corrected chi connectivity index (χ0v) is 16.7. The lowest BCUT2D eigenvalue weighted by Gasteiger charge is -2.57. The summed E-state index contributed by atoms with van der Waals surface area (Å²) in [4.78, 5) is 19.9. The smallest absolute Gasteiger partial charge is 0.318 e. The molecule has 29 heavy (non-hydrogen) atoms. The molecule has 1 aromatic carbocycles. The van der Waals surface area contributed by atoms with E-state index >= 15 is 0 Å². The molecule has 0 radical (unpaired) electrons. The van der Waals surface area contributed by atoms with Crippen LogP contribution in [0.15, 0.2) is 34.9 Å². The molecule has 1 N–H and O–H groups in total. The number of urea groups is 1. The predicted octanol–water partition coefficient (Wildman–Crippen LogP) is 4.55. The van der Waals surface area contributed by atoms with Crippen molar-refractivity contribution in [3.63, 3.8) is 0 Å². The van der Waals surface area contributed by atoms with Gasteiger partial charge in [-0.1, -0.05) is 35.5 Å². The minimum Gasteiger partial charge on any atom is -0.337 e. The summed E-state index contributed by atoms with van der Waals surface area (Å²) in [6.45, 7) is 0.756. The Morgan fingerprint density at radius 1 is 1.07 bits per heavy atom. The first-order valence-electron chi connectivity index (χ1n) is 11.2. The Kier molecular flexibility index (Phi) is 3.96. The second-order valence-corrected chi connectivity index (χ2v) is 9.80. The van der Waals surface area contributed by atoms with Crippen LogP contribution in [-0.4, -0.2) is 33.2 Å². The first-order valence-corrected chi connectivity index (χ1v) is 11.2. The quantitative estimate of drug-likeness (QED) is 0.832. The van der Waals surface area contributed by atoms with Gasteiger partial charge < -0.3 is 14.7 Å². The number of rotatable bonds is 3. The van der Waals surface area contributed by atoms with Gasteiger partial charge in [-0.2, -0.15) is 4.98 Å². The van der Waals surface area contributed by atoms with Crippen molar-refractivity contribution in [3.8, 4) is 11.4 Å². The molecule has 2 aromatic rings. The predicted molar refractivity (Wildman–Crippen MR) is 108 cm³/mol. The fraction of sp³-hybridized carbons (Fsp3) is 0.609. The summed E-state index contributed by atoms with van der Waals surface area (Å²) in [5.41, 5.74) is 0.966. The van der Waals surface area contributed by atoms with Crippen LogP contribution in [-0.2, 0) is 0 Å². The average molecular weight is 393 g/mol. The van der Waals surface area contributed by atoms with E-state index in [1.54, 1.807) is 0 Å². The van der Waals surface area contributed by atoms with Crippen LogP contribution in [0.5, 0.6) is 0 Å². The molecule has 2 heterocycles. The Labute approximate surface area is 171 Å². The largest absolute Gasteiger partial charge is 0.337 e. The Hall–Kier alpha value is -2.37. The van der Waals surface area contributed by atoms with E-state index in [9.17, 15) is 4.79 Å². The van der Waals surface area contributed by atoms with Gasteiger partial charge >= 0.3 is 6.03 Å². The fourth-order valence-corrected chi connectivity index (χ4v) is 6.90. The Balaban J connectivity index is 1.20. The highest BCUT2D eigenvalue weighted by atomic mass is 16.5. The number of nitrogens with zero attached hydrogens (tertiary/aromatic N) is 3. The summed E-state index contributed by atoms with van der Waals surface area (Å²) in [7, 11) is 0. The maximum Gasteiger partial charge on any atom is 0.318 e. The number of hydrogen-bond acceptors (Lipinski definition) is 4.